The van der Waals surface area contributed by atoms with E-state index in [1.54, 1.807) is 30.3 Å². The number of tetrazole rings is 1. The first-order chi connectivity index (χ1) is 23.5. The first-order valence-electron chi connectivity index (χ1n) is 16.3. The maximum absolute atomic E-state index is 12.8. The van der Waals surface area contributed by atoms with Crippen LogP contribution in [0.2, 0.25) is 0 Å². The molecule has 1 aromatic heterocycles. The number of aromatic nitrogens is 4. The van der Waals surface area contributed by atoms with Crippen LogP contribution >= 0.6 is 23.5 Å². The number of carbonyl (C=O) groups is 3. The number of thioether (sulfide) groups is 2. The quantitative estimate of drug-likeness (QED) is 0.0691. The van der Waals surface area contributed by atoms with Gasteiger partial charge in [-0.05, 0) is 47.2 Å². The third-order valence-corrected chi connectivity index (χ3v) is 11.7. The fourth-order valence-electron chi connectivity index (χ4n) is 6.31. The second kappa shape index (κ2) is 17.2. The molecule has 16 nitrogen and oxygen atoms in total. The third-order valence-electron chi connectivity index (χ3n) is 8.77. The van der Waals surface area contributed by atoms with Crippen LogP contribution in [-0.2, 0) is 30.4 Å². The summed E-state index contributed by atoms with van der Waals surface area (Å²) >= 11 is 2.17. The lowest BCUT2D eigenvalue weighted by Gasteiger charge is -2.49. The number of hydrogen-bond donors (Lipinski definition) is 6. The second-order valence-corrected chi connectivity index (χ2v) is 15.8. The Labute approximate surface area is 293 Å². The highest BCUT2D eigenvalue weighted by Gasteiger charge is 2.54. The molecule has 6 rings (SSSR count). The Hall–Kier alpha value is -3.07. The van der Waals surface area contributed by atoms with Crippen molar-refractivity contribution < 1.29 is 37.6 Å². The number of hydrogen-bond acceptors (Lipinski definition) is 13. The predicted octanol–water partition coefficient (Wildman–Crippen LogP) is 1.13. The highest BCUT2D eigenvalue weighted by molar-refractivity contribution is 8.01. The van der Waals surface area contributed by atoms with Crippen molar-refractivity contribution >= 4 is 51.4 Å². The average Bonchev–Trinajstić information content (AvgIpc) is 3.88. The molecule has 2 aliphatic carbocycles. The minimum atomic E-state index is -4.40. The fourth-order valence-corrected chi connectivity index (χ4v) is 9.24. The van der Waals surface area contributed by atoms with Gasteiger partial charge in [0, 0.05) is 36.7 Å². The van der Waals surface area contributed by atoms with Crippen molar-refractivity contribution in [1.29, 1.82) is 0 Å². The Morgan fingerprint density at radius 1 is 1.02 bits per heavy atom. The topological polar surface area (TPSA) is 229 Å². The molecule has 0 spiro atoms. The molecule has 3 fully saturated rings. The maximum atomic E-state index is 12.8. The van der Waals surface area contributed by atoms with Gasteiger partial charge >= 0.3 is 5.97 Å². The zero-order chi connectivity index (χ0) is 35.0. The minimum Gasteiger partial charge on any atom is -0.477 e. The van der Waals surface area contributed by atoms with E-state index in [9.17, 15) is 33.0 Å². The van der Waals surface area contributed by atoms with Crippen molar-refractivity contribution in [2.45, 2.75) is 92.0 Å². The van der Waals surface area contributed by atoms with Crippen LogP contribution < -0.4 is 16.0 Å². The number of carbonyl (C=O) groups excluding carboxylic acids is 2. The van der Waals surface area contributed by atoms with Crippen LogP contribution in [0.3, 0.4) is 0 Å². The molecular formula is C30H42N8O8S3. The fraction of sp³-hybridized carbons (Fsp3) is 0.600. The van der Waals surface area contributed by atoms with E-state index < -0.39 is 51.3 Å². The summed E-state index contributed by atoms with van der Waals surface area (Å²) in [7, 11) is -4.40. The van der Waals surface area contributed by atoms with E-state index in [2.05, 4.69) is 31.5 Å². The van der Waals surface area contributed by atoms with Crippen molar-refractivity contribution in [3.63, 3.8) is 0 Å². The van der Waals surface area contributed by atoms with Gasteiger partial charge in [-0.2, -0.15) is 8.42 Å². The van der Waals surface area contributed by atoms with Gasteiger partial charge in [0.15, 0.2) is 12.0 Å². The summed E-state index contributed by atoms with van der Waals surface area (Å²) in [4.78, 5) is 38.3. The summed E-state index contributed by atoms with van der Waals surface area (Å²) in [6.07, 6.45) is 9.89. The predicted molar refractivity (Wildman–Crippen MR) is 182 cm³/mol. The van der Waals surface area contributed by atoms with Gasteiger partial charge in [0.2, 0.25) is 5.16 Å². The normalized spacial score (nSPS) is 21.9. The van der Waals surface area contributed by atoms with E-state index in [1.165, 1.54) is 76.2 Å². The number of aliphatic hydroxyl groups excluding tert-OH is 1. The summed E-state index contributed by atoms with van der Waals surface area (Å²) in [6.45, 7) is 2.34. The molecule has 4 aliphatic rings. The van der Waals surface area contributed by atoms with Crippen molar-refractivity contribution in [2.75, 3.05) is 24.6 Å². The van der Waals surface area contributed by atoms with Crippen LogP contribution in [0.5, 0.6) is 0 Å². The van der Waals surface area contributed by atoms with Crippen molar-refractivity contribution in [3.8, 4) is 0 Å². The summed E-state index contributed by atoms with van der Waals surface area (Å²) in [6, 6.07) is 8.84. The molecule has 19 heteroatoms. The van der Waals surface area contributed by atoms with Gasteiger partial charge in [-0.3, -0.25) is 19.0 Å². The lowest BCUT2D eigenvalue weighted by atomic mass is 10.0. The van der Waals surface area contributed by atoms with Crippen LogP contribution in [0.1, 0.15) is 63.0 Å². The molecule has 1 aromatic carbocycles. The summed E-state index contributed by atoms with van der Waals surface area (Å²) in [5, 5.41) is 39.6. The highest BCUT2D eigenvalue weighted by atomic mass is 32.2. The van der Waals surface area contributed by atoms with E-state index in [0.29, 0.717) is 11.1 Å². The van der Waals surface area contributed by atoms with E-state index in [1.807, 2.05) is 0 Å². The van der Waals surface area contributed by atoms with Crippen LogP contribution in [0.25, 0.3) is 0 Å². The Morgan fingerprint density at radius 2 is 1.63 bits per heavy atom. The molecule has 2 aromatic rings. The number of benzene rings is 1. The molecule has 2 amide bonds. The number of fused-ring (bicyclic) bond motifs is 1. The van der Waals surface area contributed by atoms with E-state index in [0.717, 1.165) is 33.4 Å². The molecule has 2 saturated carbocycles. The lowest BCUT2D eigenvalue weighted by Crippen LogP contribution is -2.70. The molecule has 268 valence electrons. The number of rotatable bonds is 14. The molecule has 6 N–H and O–H groups in total. The molecule has 49 heavy (non-hydrogen) atoms. The van der Waals surface area contributed by atoms with Crippen LogP contribution in [0.15, 0.2) is 46.8 Å². The first kappa shape index (κ1) is 37.2. The SMILES string of the molecule is C1CCC(NCCNC2CCCC2)C1.O=C(O)C1=C(CSc2nnnn2CS(=O)(=O)O)CSC2C(NC(=O)[C@H](O)c3ccccc3)C(=O)N12. The molecule has 0 radical (unpaired) electrons. The molecule has 1 saturated heterocycles. The molecule has 2 unspecified atom stereocenters. The minimum absolute atomic E-state index is 0.0285. The number of carboxylic acid groups (broad SMARTS) is 1. The third kappa shape index (κ3) is 10.0. The molecule has 2 aliphatic heterocycles. The lowest BCUT2D eigenvalue weighted by molar-refractivity contribution is -0.151. The summed E-state index contributed by atoms with van der Waals surface area (Å²) in [5.41, 5.74) is 0.480. The number of amides is 2. The molecule has 3 heterocycles. The Morgan fingerprint density at radius 3 is 2.20 bits per heavy atom. The molecule has 0 bridgehead atoms. The van der Waals surface area contributed by atoms with Gasteiger partial charge in [-0.15, -0.1) is 16.9 Å². The van der Waals surface area contributed by atoms with Gasteiger partial charge in [0.25, 0.3) is 21.9 Å². The number of nitrogens with one attached hydrogen (secondary N) is 3. The van der Waals surface area contributed by atoms with Gasteiger partial charge in [0.05, 0.1) is 0 Å². The monoisotopic (exact) mass is 738 g/mol. The van der Waals surface area contributed by atoms with Crippen molar-refractivity contribution in [1.82, 2.24) is 41.1 Å². The van der Waals surface area contributed by atoms with E-state index in [-0.39, 0.29) is 22.4 Å². The van der Waals surface area contributed by atoms with Crippen molar-refractivity contribution in [3.05, 3.63) is 47.2 Å². The van der Waals surface area contributed by atoms with Gasteiger partial charge < -0.3 is 26.2 Å². The second-order valence-electron chi connectivity index (χ2n) is 12.3. The Bertz CT molecular complexity index is 1580. The van der Waals surface area contributed by atoms with Crippen LogP contribution in [0.4, 0.5) is 0 Å². The van der Waals surface area contributed by atoms with Crippen LogP contribution in [0, 0.1) is 0 Å². The molecular weight excluding hydrogens is 697 g/mol. The smallest absolute Gasteiger partial charge is 0.352 e. The van der Waals surface area contributed by atoms with E-state index in [4.69, 9.17) is 4.55 Å². The van der Waals surface area contributed by atoms with Crippen LogP contribution in [-0.4, -0.2) is 114 Å². The van der Waals surface area contributed by atoms with Gasteiger partial charge in [0.1, 0.15) is 17.1 Å². The average molecular weight is 739 g/mol. The summed E-state index contributed by atoms with van der Waals surface area (Å²) in [5.74, 6) is -3.39. The summed E-state index contributed by atoms with van der Waals surface area (Å²) < 4.78 is 32.0. The molecule has 3 atom stereocenters. The number of aliphatic carboxylic acids is 1. The van der Waals surface area contributed by atoms with Gasteiger partial charge in [-0.1, -0.05) is 67.8 Å². The van der Waals surface area contributed by atoms with Crippen molar-refractivity contribution in [2.24, 2.45) is 0 Å². The maximum Gasteiger partial charge on any atom is 0.352 e. The number of nitrogens with zero attached hydrogens (tertiary/aromatic N) is 5. The Balaban J connectivity index is 0.000000278. The van der Waals surface area contributed by atoms with Gasteiger partial charge in [-0.25, -0.2) is 9.48 Å². The first-order valence-corrected chi connectivity index (χ1v) is 19.9. The zero-order valence-electron chi connectivity index (χ0n) is 26.8. The Kier molecular flexibility index (Phi) is 13.1. The standard InChI is InChI=1S/C18H18N6O8S3.C12H24N2/c25-13(9-4-2-1-3-5-9)14(26)19-11-15(27)24-12(17(28)29)10(6-33-16(11)24)7-34-18-20-21-22-23(18)8-35(30,31)32;1-2-6-11(5-1)13-9-10-14-12-7-3-4-8-12/h1-5,11,13,16,25H,6-8H2,(H,19,26)(H,28,29)(H,30,31,32);11-14H,1-10H2/t11?,13-,16?;/m1./s1. The highest BCUT2D eigenvalue weighted by Crippen LogP contribution is 2.41. The number of carboxylic acids is 1. The zero-order valence-corrected chi connectivity index (χ0v) is 29.3. The largest absolute Gasteiger partial charge is 0.477 e. The van der Waals surface area contributed by atoms with E-state index >= 15 is 0 Å². The number of aliphatic hydroxyl groups is 1. The number of β-lactam (4-membered cyclic amide) rings is 1.